The van der Waals surface area contributed by atoms with Gasteiger partial charge in [-0.25, -0.2) is 4.98 Å². The van der Waals surface area contributed by atoms with Crippen LogP contribution < -0.4 is 5.32 Å². The zero-order valence-electron chi connectivity index (χ0n) is 21.2. The van der Waals surface area contributed by atoms with Crippen molar-refractivity contribution in [3.63, 3.8) is 0 Å². The summed E-state index contributed by atoms with van der Waals surface area (Å²) in [6.45, 7) is 7.81. The zero-order chi connectivity index (χ0) is 24.9. The first-order valence-corrected chi connectivity index (χ1v) is 13.0. The number of benzene rings is 3. The van der Waals surface area contributed by atoms with Crippen LogP contribution in [0.5, 0.6) is 0 Å². The molecular formula is C31H36N4O. The smallest absolute Gasteiger partial charge is 0.138 e. The molecule has 1 aliphatic heterocycles. The second kappa shape index (κ2) is 11.2. The molecule has 0 saturated carbocycles. The molecule has 2 unspecified atom stereocenters. The topological polar surface area (TPSA) is 64.2 Å². The standard InChI is InChI=1S/C31H36N4O/c1-3-26-28(34-31(33-26)25-17-11-10-12-22(25)2)30(36)29(35-20-18-32-19-21-35)27(23-13-6-4-7-14-23)24-15-8-5-9-16-24/h4-17,27,29-30,32,36H,3,18-21H2,1-2H3,(H,33,34). The van der Waals surface area contributed by atoms with Gasteiger partial charge in [0.15, 0.2) is 0 Å². The Morgan fingerprint density at radius 1 is 0.861 bits per heavy atom. The van der Waals surface area contributed by atoms with Crippen LogP contribution in [-0.2, 0) is 6.42 Å². The minimum absolute atomic E-state index is 0.00353. The first-order chi connectivity index (χ1) is 17.7. The van der Waals surface area contributed by atoms with Crippen LogP contribution in [0.2, 0.25) is 0 Å². The summed E-state index contributed by atoms with van der Waals surface area (Å²) in [5.41, 5.74) is 6.42. The number of hydrogen-bond donors (Lipinski definition) is 3. The molecule has 2 heterocycles. The first kappa shape index (κ1) is 24.4. The van der Waals surface area contributed by atoms with Crippen LogP contribution in [0.3, 0.4) is 0 Å². The summed E-state index contributed by atoms with van der Waals surface area (Å²) in [4.78, 5) is 11.0. The van der Waals surface area contributed by atoms with E-state index in [2.05, 4.69) is 102 Å². The van der Waals surface area contributed by atoms with Gasteiger partial charge >= 0.3 is 0 Å². The fraction of sp³-hybridized carbons (Fsp3) is 0.323. The summed E-state index contributed by atoms with van der Waals surface area (Å²) >= 11 is 0. The van der Waals surface area contributed by atoms with Crippen LogP contribution in [0.25, 0.3) is 11.4 Å². The van der Waals surface area contributed by atoms with Gasteiger partial charge in [0.25, 0.3) is 0 Å². The number of aromatic amines is 1. The van der Waals surface area contributed by atoms with E-state index in [9.17, 15) is 5.11 Å². The largest absolute Gasteiger partial charge is 0.385 e. The summed E-state index contributed by atoms with van der Waals surface area (Å²) in [7, 11) is 0. The molecule has 5 heteroatoms. The lowest BCUT2D eigenvalue weighted by atomic mass is 9.80. The van der Waals surface area contributed by atoms with Gasteiger partial charge < -0.3 is 15.4 Å². The van der Waals surface area contributed by atoms with E-state index in [4.69, 9.17) is 4.98 Å². The summed E-state index contributed by atoms with van der Waals surface area (Å²) in [6, 6.07) is 29.3. The lowest BCUT2D eigenvalue weighted by Gasteiger charge is -2.42. The predicted octanol–water partition coefficient (Wildman–Crippen LogP) is 5.09. The first-order valence-electron chi connectivity index (χ1n) is 13.0. The summed E-state index contributed by atoms with van der Waals surface area (Å²) in [5.74, 6) is 0.831. The van der Waals surface area contributed by atoms with Crippen molar-refractivity contribution in [2.75, 3.05) is 26.2 Å². The van der Waals surface area contributed by atoms with Gasteiger partial charge in [0, 0.05) is 43.4 Å². The van der Waals surface area contributed by atoms with Crippen LogP contribution in [0.15, 0.2) is 84.9 Å². The van der Waals surface area contributed by atoms with Crippen molar-refractivity contribution in [3.8, 4) is 11.4 Å². The number of nitrogens with one attached hydrogen (secondary N) is 2. The van der Waals surface area contributed by atoms with Crippen LogP contribution in [0.4, 0.5) is 0 Å². The van der Waals surface area contributed by atoms with Crippen molar-refractivity contribution in [3.05, 3.63) is 113 Å². The van der Waals surface area contributed by atoms with E-state index in [1.807, 2.05) is 12.1 Å². The zero-order valence-corrected chi connectivity index (χ0v) is 21.2. The van der Waals surface area contributed by atoms with Gasteiger partial charge in [-0.05, 0) is 30.0 Å². The maximum absolute atomic E-state index is 12.2. The molecule has 0 spiro atoms. The molecule has 1 fully saturated rings. The highest BCUT2D eigenvalue weighted by atomic mass is 16.3. The molecule has 1 aliphatic rings. The highest BCUT2D eigenvalue weighted by Crippen LogP contribution is 2.39. The van der Waals surface area contributed by atoms with Gasteiger partial charge in [0.1, 0.15) is 11.9 Å². The number of imidazole rings is 1. The molecule has 3 N–H and O–H groups in total. The molecule has 36 heavy (non-hydrogen) atoms. The van der Waals surface area contributed by atoms with E-state index >= 15 is 0 Å². The molecule has 186 valence electrons. The molecule has 5 rings (SSSR count). The van der Waals surface area contributed by atoms with E-state index in [1.165, 1.54) is 16.7 Å². The molecule has 2 atom stereocenters. The third-order valence-electron chi connectivity index (χ3n) is 7.40. The van der Waals surface area contributed by atoms with E-state index in [-0.39, 0.29) is 12.0 Å². The summed E-state index contributed by atoms with van der Waals surface area (Å²) in [5, 5.41) is 15.7. The van der Waals surface area contributed by atoms with Gasteiger partial charge in [-0.3, -0.25) is 4.90 Å². The Balaban J connectivity index is 1.63. The lowest BCUT2D eigenvalue weighted by molar-refractivity contribution is 0.0294. The van der Waals surface area contributed by atoms with E-state index in [1.54, 1.807) is 0 Å². The van der Waals surface area contributed by atoms with Crippen LogP contribution in [0, 0.1) is 6.92 Å². The number of rotatable bonds is 8. The van der Waals surface area contributed by atoms with Crippen molar-refractivity contribution in [1.29, 1.82) is 0 Å². The maximum atomic E-state index is 12.2. The third-order valence-corrected chi connectivity index (χ3v) is 7.40. The van der Waals surface area contributed by atoms with Gasteiger partial charge in [-0.2, -0.15) is 0 Å². The number of aromatic nitrogens is 2. The average molecular weight is 481 g/mol. The van der Waals surface area contributed by atoms with Crippen molar-refractivity contribution >= 4 is 0 Å². The van der Waals surface area contributed by atoms with Gasteiger partial charge in [0.05, 0.1) is 11.7 Å². The molecule has 1 aromatic heterocycles. The van der Waals surface area contributed by atoms with Gasteiger partial charge in [-0.1, -0.05) is 91.9 Å². The van der Waals surface area contributed by atoms with Gasteiger partial charge in [0.2, 0.25) is 0 Å². The second-order valence-electron chi connectivity index (χ2n) is 9.64. The minimum atomic E-state index is -0.752. The Bertz CT molecular complexity index is 1210. The lowest BCUT2D eigenvalue weighted by Crippen LogP contribution is -2.52. The Morgan fingerprint density at radius 3 is 2.03 bits per heavy atom. The molecule has 4 aromatic rings. The normalized spacial score (nSPS) is 16.2. The highest BCUT2D eigenvalue weighted by Gasteiger charge is 2.38. The van der Waals surface area contributed by atoms with Crippen molar-refractivity contribution in [2.24, 2.45) is 0 Å². The summed E-state index contributed by atoms with van der Waals surface area (Å²) < 4.78 is 0. The van der Waals surface area contributed by atoms with E-state index in [0.717, 1.165) is 55.4 Å². The van der Waals surface area contributed by atoms with Crippen molar-refractivity contribution in [2.45, 2.75) is 38.3 Å². The molecule has 3 aromatic carbocycles. The molecule has 0 radical (unpaired) electrons. The number of aryl methyl sites for hydroxylation is 2. The van der Waals surface area contributed by atoms with Crippen LogP contribution in [0.1, 0.15) is 47.0 Å². The molecular weight excluding hydrogens is 444 g/mol. The Hall–Kier alpha value is -3.25. The Kier molecular flexibility index (Phi) is 7.61. The van der Waals surface area contributed by atoms with E-state index in [0.29, 0.717) is 0 Å². The number of nitrogens with zero attached hydrogens (tertiary/aromatic N) is 2. The van der Waals surface area contributed by atoms with Crippen LogP contribution in [-0.4, -0.2) is 52.2 Å². The van der Waals surface area contributed by atoms with Crippen molar-refractivity contribution < 1.29 is 5.11 Å². The average Bonchev–Trinajstić information content (AvgIpc) is 3.37. The second-order valence-corrected chi connectivity index (χ2v) is 9.64. The fourth-order valence-electron chi connectivity index (χ4n) is 5.55. The number of aliphatic hydroxyl groups excluding tert-OH is 1. The number of piperazine rings is 1. The van der Waals surface area contributed by atoms with Gasteiger partial charge in [-0.15, -0.1) is 0 Å². The quantitative estimate of drug-likeness (QED) is 0.329. The minimum Gasteiger partial charge on any atom is -0.385 e. The molecule has 0 amide bonds. The monoisotopic (exact) mass is 480 g/mol. The number of aliphatic hydroxyl groups is 1. The number of hydrogen-bond acceptors (Lipinski definition) is 4. The molecule has 0 bridgehead atoms. The van der Waals surface area contributed by atoms with Crippen molar-refractivity contribution in [1.82, 2.24) is 20.2 Å². The molecule has 1 saturated heterocycles. The highest BCUT2D eigenvalue weighted by molar-refractivity contribution is 5.60. The third kappa shape index (κ3) is 5.00. The van der Waals surface area contributed by atoms with Crippen LogP contribution >= 0.6 is 0 Å². The van der Waals surface area contributed by atoms with E-state index < -0.39 is 6.10 Å². The Morgan fingerprint density at radius 2 is 1.44 bits per heavy atom. The molecule has 0 aliphatic carbocycles. The molecule has 5 nitrogen and oxygen atoms in total. The fourth-order valence-corrected chi connectivity index (χ4v) is 5.55. The Labute approximate surface area is 214 Å². The maximum Gasteiger partial charge on any atom is 0.138 e. The predicted molar refractivity (Wildman–Crippen MR) is 146 cm³/mol. The SMILES string of the molecule is CCc1[nH]c(-c2ccccc2C)nc1C(O)C(C(c1ccccc1)c1ccccc1)N1CCNCC1. The summed E-state index contributed by atoms with van der Waals surface area (Å²) in [6.07, 6.45) is 0.0263. The number of H-pyrrole nitrogens is 1.